The fourth-order valence-corrected chi connectivity index (χ4v) is 3.37. The van der Waals surface area contributed by atoms with Gasteiger partial charge in [0, 0.05) is 5.69 Å². The molecule has 2 N–H and O–H groups in total. The molecule has 0 atom stereocenters. The maximum absolute atomic E-state index is 11.9. The van der Waals surface area contributed by atoms with Gasteiger partial charge in [0.1, 0.15) is 0 Å². The first-order valence-corrected chi connectivity index (χ1v) is 9.22. The first kappa shape index (κ1) is 17.9. The molecule has 130 valence electrons. The monoisotopic (exact) mass is 353 g/mol. The van der Waals surface area contributed by atoms with E-state index < -0.39 is 21.9 Å². The van der Waals surface area contributed by atoms with Gasteiger partial charge in [-0.2, -0.15) is 10.1 Å². The highest BCUT2D eigenvalue weighted by Crippen LogP contribution is 2.23. The summed E-state index contributed by atoms with van der Waals surface area (Å²) in [5, 5.41) is 13.6. The van der Waals surface area contributed by atoms with E-state index in [9.17, 15) is 18.0 Å². The molecule has 0 unspecified atom stereocenters. The molecule has 0 aromatic heterocycles. The number of rotatable bonds is 8. The van der Waals surface area contributed by atoms with E-state index in [1.54, 1.807) is 0 Å². The van der Waals surface area contributed by atoms with Crippen molar-refractivity contribution < 1.29 is 23.1 Å². The number of hydrogen-bond acceptors (Lipinski definition) is 5. The molecular weight excluding hydrogens is 334 g/mol. The van der Waals surface area contributed by atoms with Gasteiger partial charge in [0.05, 0.1) is 17.9 Å². The fraction of sp³-hybridized carbons (Fsp3) is 0.400. The van der Waals surface area contributed by atoms with E-state index >= 15 is 0 Å². The Hall–Kier alpha value is -2.42. The van der Waals surface area contributed by atoms with Crippen LogP contribution in [0.25, 0.3) is 0 Å². The average Bonchev–Trinajstić information content (AvgIpc) is 2.90. The highest BCUT2D eigenvalue weighted by Gasteiger charge is 2.29. The molecule has 1 amide bonds. The first-order valence-electron chi connectivity index (χ1n) is 7.56. The molecule has 1 aliphatic rings. The summed E-state index contributed by atoms with van der Waals surface area (Å²) < 4.78 is 26.3. The minimum absolute atomic E-state index is 0.0550. The average molecular weight is 353 g/mol. The van der Waals surface area contributed by atoms with Crippen LogP contribution in [0.2, 0.25) is 0 Å². The maximum Gasteiger partial charge on any atom is 0.352 e. The summed E-state index contributed by atoms with van der Waals surface area (Å²) in [5.41, 5.74) is 0.537. The van der Waals surface area contributed by atoms with Crippen LogP contribution in [0.1, 0.15) is 32.6 Å². The summed E-state index contributed by atoms with van der Waals surface area (Å²) in [5.74, 6) is -1.62. The molecule has 24 heavy (non-hydrogen) atoms. The first-order chi connectivity index (χ1) is 11.3. The molecule has 0 saturated carbocycles. The number of nitrogens with zero attached hydrogens (tertiary/aromatic N) is 2. The molecular formula is C15H19N3O5S. The molecule has 0 fully saturated rings. The van der Waals surface area contributed by atoms with Gasteiger partial charge in [0.15, 0.2) is 5.71 Å². The van der Waals surface area contributed by atoms with Crippen molar-refractivity contribution in [3.05, 3.63) is 24.3 Å². The molecule has 1 aliphatic heterocycles. The Bertz CT molecular complexity index is 756. The maximum atomic E-state index is 11.9. The third-order valence-corrected chi connectivity index (χ3v) is 4.80. The number of unbranched alkanes of at least 4 members (excludes halogenated alkanes) is 2. The second-order valence-electron chi connectivity index (χ2n) is 5.41. The molecule has 0 radical (unpaired) electrons. The number of amides is 1. The number of hydrogen-bond donors (Lipinski definition) is 2. The topological polar surface area (TPSA) is 116 Å². The van der Waals surface area contributed by atoms with Crippen LogP contribution in [0.4, 0.5) is 11.4 Å². The van der Waals surface area contributed by atoms with Crippen LogP contribution in [-0.2, 0) is 19.6 Å². The van der Waals surface area contributed by atoms with Crippen LogP contribution in [-0.4, -0.2) is 36.9 Å². The Morgan fingerprint density at radius 3 is 2.50 bits per heavy atom. The van der Waals surface area contributed by atoms with Crippen LogP contribution in [0.3, 0.4) is 0 Å². The second-order valence-corrected chi connectivity index (χ2v) is 7.25. The van der Waals surface area contributed by atoms with Crippen LogP contribution >= 0.6 is 0 Å². The van der Waals surface area contributed by atoms with Crippen molar-refractivity contribution in [2.75, 3.05) is 15.5 Å². The lowest BCUT2D eigenvalue weighted by atomic mass is 10.2. The van der Waals surface area contributed by atoms with Gasteiger partial charge in [-0.3, -0.25) is 9.52 Å². The standard InChI is InChI=1S/C15H19N3O5S/c1-2-3-4-9-24(22,23)17-11-5-7-12(8-6-11)18-14(19)10-13(16-18)15(20)21/h5-8,17H,2-4,9-10H2,1H3,(H,20,21). The van der Waals surface area contributed by atoms with E-state index in [-0.39, 0.29) is 17.9 Å². The number of carboxylic acid groups (broad SMARTS) is 1. The Kier molecular flexibility index (Phi) is 5.55. The zero-order valence-corrected chi connectivity index (χ0v) is 14.0. The summed E-state index contributed by atoms with van der Waals surface area (Å²) in [6.07, 6.45) is 2.12. The minimum atomic E-state index is -3.41. The molecule has 0 spiro atoms. The van der Waals surface area contributed by atoms with E-state index in [1.807, 2.05) is 6.92 Å². The van der Waals surface area contributed by atoms with Crippen molar-refractivity contribution in [1.29, 1.82) is 0 Å². The molecule has 8 nitrogen and oxygen atoms in total. The SMILES string of the molecule is CCCCCS(=O)(=O)Nc1ccc(N2N=C(C(=O)O)CC2=O)cc1. The van der Waals surface area contributed by atoms with Crippen LogP contribution < -0.4 is 9.73 Å². The molecule has 1 aromatic rings. The molecule has 2 rings (SSSR count). The number of carbonyl (C=O) groups is 2. The summed E-state index contributed by atoms with van der Waals surface area (Å²) >= 11 is 0. The number of hydrazone groups is 1. The predicted octanol–water partition coefficient (Wildman–Crippen LogP) is 1.80. The summed E-state index contributed by atoms with van der Waals surface area (Å²) in [4.78, 5) is 22.6. The lowest BCUT2D eigenvalue weighted by Gasteiger charge is -2.13. The summed E-state index contributed by atoms with van der Waals surface area (Å²) in [6, 6.07) is 6.04. The van der Waals surface area contributed by atoms with Crippen molar-refractivity contribution in [3.8, 4) is 0 Å². The summed E-state index contributed by atoms with van der Waals surface area (Å²) in [7, 11) is -3.41. The third-order valence-electron chi connectivity index (χ3n) is 3.42. The van der Waals surface area contributed by atoms with E-state index in [2.05, 4.69) is 9.82 Å². The van der Waals surface area contributed by atoms with Gasteiger partial charge >= 0.3 is 5.97 Å². The molecule has 0 saturated heterocycles. The number of nitrogens with one attached hydrogen (secondary N) is 1. The smallest absolute Gasteiger partial charge is 0.352 e. The number of anilines is 2. The van der Waals surface area contributed by atoms with Crippen molar-refractivity contribution >= 4 is 39.0 Å². The highest BCUT2D eigenvalue weighted by atomic mass is 32.2. The fourth-order valence-electron chi connectivity index (χ4n) is 2.19. The lowest BCUT2D eigenvalue weighted by Crippen LogP contribution is -2.20. The van der Waals surface area contributed by atoms with E-state index in [4.69, 9.17) is 5.11 Å². The molecule has 0 bridgehead atoms. The predicted molar refractivity (Wildman–Crippen MR) is 90.6 cm³/mol. The number of carboxylic acids is 1. The van der Waals surface area contributed by atoms with E-state index in [1.165, 1.54) is 24.3 Å². The lowest BCUT2D eigenvalue weighted by molar-refractivity contribution is -0.129. The van der Waals surface area contributed by atoms with Crippen LogP contribution in [0, 0.1) is 0 Å². The normalized spacial score (nSPS) is 14.6. The number of carbonyl (C=O) groups excluding carboxylic acids is 1. The van der Waals surface area contributed by atoms with Gasteiger partial charge in [0.25, 0.3) is 5.91 Å². The molecule has 1 heterocycles. The molecule has 1 aromatic carbocycles. The zero-order valence-electron chi connectivity index (χ0n) is 13.2. The largest absolute Gasteiger partial charge is 0.477 e. The van der Waals surface area contributed by atoms with Crippen molar-refractivity contribution in [3.63, 3.8) is 0 Å². The van der Waals surface area contributed by atoms with Gasteiger partial charge in [-0.1, -0.05) is 19.8 Å². The highest BCUT2D eigenvalue weighted by molar-refractivity contribution is 7.92. The minimum Gasteiger partial charge on any atom is -0.477 e. The van der Waals surface area contributed by atoms with Crippen molar-refractivity contribution in [2.45, 2.75) is 32.6 Å². The molecule has 9 heteroatoms. The Morgan fingerprint density at radius 2 is 1.96 bits per heavy atom. The Labute approximate surface area is 140 Å². The zero-order chi connectivity index (χ0) is 17.7. The van der Waals surface area contributed by atoms with Gasteiger partial charge < -0.3 is 5.11 Å². The number of benzene rings is 1. The van der Waals surface area contributed by atoms with E-state index in [0.717, 1.165) is 17.9 Å². The van der Waals surface area contributed by atoms with Gasteiger partial charge in [0.2, 0.25) is 10.0 Å². The number of aliphatic carboxylic acids is 1. The van der Waals surface area contributed by atoms with Crippen molar-refractivity contribution in [1.82, 2.24) is 0 Å². The Balaban J connectivity index is 2.06. The molecule has 0 aliphatic carbocycles. The van der Waals surface area contributed by atoms with Gasteiger partial charge in [-0.15, -0.1) is 0 Å². The second kappa shape index (κ2) is 7.43. The number of sulfonamides is 1. The summed E-state index contributed by atoms with van der Waals surface area (Å²) in [6.45, 7) is 2.00. The van der Waals surface area contributed by atoms with Crippen molar-refractivity contribution in [2.24, 2.45) is 5.10 Å². The van der Waals surface area contributed by atoms with Crippen LogP contribution in [0.5, 0.6) is 0 Å². The van der Waals surface area contributed by atoms with E-state index in [0.29, 0.717) is 17.8 Å². The van der Waals surface area contributed by atoms with Crippen LogP contribution in [0.15, 0.2) is 29.4 Å². The third kappa shape index (κ3) is 4.54. The quantitative estimate of drug-likeness (QED) is 0.691. The van der Waals surface area contributed by atoms with Gasteiger partial charge in [-0.25, -0.2) is 13.2 Å². The Morgan fingerprint density at radius 1 is 1.29 bits per heavy atom. The van der Waals surface area contributed by atoms with Gasteiger partial charge in [-0.05, 0) is 30.7 Å².